The monoisotopic (exact) mass is 235 g/mol. The molecule has 0 unspecified atom stereocenters. The summed E-state index contributed by atoms with van der Waals surface area (Å²) in [7, 11) is -3.47. The van der Waals surface area contributed by atoms with Gasteiger partial charge in [-0.15, -0.1) is 0 Å². The minimum atomic E-state index is -3.47. The maximum atomic E-state index is 13.1. The second-order valence-electron chi connectivity index (χ2n) is 3.21. The Morgan fingerprint density at radius 1 is 1.40 bits per heavy atom. The minimum Gasteiger partial charge on any atom is -0.325 e. The molecule has 0 bridgehead atoms. The smallest absolute Gasteiger partial charge is 0.285 e. The molecule has 0 aromatic heterocycles. The van der Waals surface area contributed by atoms with Gasteiger partial charge in [0.2, 0.25) is 0 Å². The molecule has 0 saturated carbocycles. The lowest BCUT2D eigenvalue weighted by molar-refractivity contribution is 0.00574. The van der Waals surface area contributed by atoms with Crippen molar-refractivity contribution in [3.05, 3.63) is 29.8 Å². The van der Waals surface area contributed by atoms with Crippen LogP contribution in [-0.2, 0) is 15.8 Å². The summed E-state index contributed by atoms with van der Waals surface area (Å²) in [5.41, 5.74) is 4.52. The summed E-state index contributed by atoms with van der Waals surface area (Å²) in [5.74, 6) is -3.19. The van der Waals surface area contributed by atoms with Crippen molar-refractivity contribution in [3.63, 3.8) is 0 Å². The van der Waals surface area contributed by atoms with Crippen LogP contribution in [0.1, 0.15) is 5.56 Å². The first-order valence-electron chi connectivity index (χ1n) is 4.16. The van der Waals surface area contributed by atoms with Crippen LogP contribution in [-0.4, -0.2) is 21.2 Å². The van der Waals surface area contributed by atoms with E-state index in [2.05, 4.69) is 0 Å². The summed E-state index contributed by atoms with van der Waals surface area (Å²) in [6.45, 7) is -0.847. The molecule has 6 heteroatoms. The second-order valence-corrected chi connectivity index (χ2v) is 5.22. The zero-order chi connectivity index (χ0) is 11.7. The first-order valence-corrected chi connectivity index (χ1v) is 6.05. The van der Waals surface area contributed by atoms with Gasteiger partial charge in [0.15, 0.2) is 9.84 Å². The number of hydrogen-bond donors (Lipinski definition) is 1. The number of halogens is 2. The summed E-state index contributed by atoms with van der Waals surface area (Å²) in [6, 6.07) is 4.64. The highest BCUT2D eigenvalue weighted by Crippen LogP contribution is 2.27. The molecule has 1 aromatic rings. The fraction of sp³-hybridized carbons (Fsp3) is 0.333. The third-order valence-corrected chi connectivity index (χ3v) is 3.05. The predicted molar refractivity (Wildman–Crippen MR) is 52.5 cm³/mol. The van der Waals surface area contributed by atoms with E-state index in [0.717, 1.165) is 18.4 Å². The third-order valence-electron chi connectivity index (χ3n) is 1.94. The molecular formula is C9H11F2NO2S. The number of rotatable bonds is 3. The van der Waals surface area contributed by atoms with Crippen LogP contribution in [0.5, 0.6) is 0 Å². The number of hydrogen-bond acceptors (Lipinski definition) is 3. The van der Waals surface area contributed by atoms with Gasteiger partial charge in [0, 0.05) is 11.8 Å². The number of nitrogens with two attached hydrogens (primary N) is 1. The highest BCUT2D eigenvalue weighted by molar-refractivity contribution is 7.90. The molecule has 15 heavy (non-hydrogen) atoms. The van der Waals surface area contributed by atoms with Crippen molar-refractivity contribution in [1.82, 2.24) is 0 Å². The first kappa shape index (κ1) is 12.1. The summed E-state index contributed by atoms with van der Waals surface area (Å²) < 4.78 is 48.5. The van der Waals surface area contributed by atoms with Crippen molar-refractivity contribution in [2.45, 2.75) is 10.8 Å². The van der Waals surface area contributed by atoms with Gasteiger partial charge in [-0.25, -0.2) is 8.42 Å². The summed E-state index contributed by atoms with van der Waals surface area (Å²) in [6.07, 6.45) is 0.965. The van der Waals surface area contributed by atoms with Gasteiger partial charge in [-0.2, -0.15) is 8.78 Å². The van der Waals surface area contributed by atoms with Gasteiger partial charge in [0.1, 0.15) is 0 Å². The molecule has 0 fully saturated rings. The largest absolute Gasteiger partial charge is 0.325 e. The SMILES string of the molecule is CS(=O)(=O)c1cccc(C(F)(F)CN)c1. The van der Waals surface area contributed by atoms with Crippen molar-refractivity contribution in [3.8, 4) is 0 Å². The quantitative estimate of drug-likeness (QED) is 0.854. The lowest BCUT2D eigenvalue weighted by Gasteiger charge is -2.14. The van der Waals surface area contributed by atoms with E-state index >= 15 is 0 Å². The highest BCUT2D eigenvalue weighted by atomic mass is 32.2. The molecule has 0 atom stereocenters. The number of alkyl halides is 2. The average Bonchev–Trinajstić information content (AvgIpc) is 2.17. The van der Waals surface area contributed by atoms with E-state index in [1.807, 2.05) is 0 Å². The molecule has 0 radical (unpaired) electrons. The van der Waals surface area contributed by atoms with E-state index in [1.54, 1.807) is 0 Å². The van der Waals surface area contributed by atoms with E-state index in [0.29, 0.717) is 0 Å². The predicted octanol–water partition coefficient (Wildman–Crippen LogP) is 1.14. The van der Waals surface area contributed by atoms with E-state index in [4.69, 9.17) is 5.73 Å². The normalized spacial score (nSPS) is 12.8. The molecule has 1 rings (SSSR count). The Bertz CT molecular complexity index is 457. The van der Waals surface area contributed by atoms with Crippen LogP contribution in [0, 0.1) is 0 Å². The molecule has 0 amide bonds. The van der Waals surface area contributed by atoms with Gasteiger partial charge in [-0.3, -0.25) is 0 Å². The topological polar surface area (TPSA) is 60.2 Å². The zero-order valence-corrected chi connectivity index (χ0v) is 8.89. The Morgan fingerprint density at radius 2 is 2.00 bits per heavy atom. The van der Waals surface area contributed by atoms with Crippen molar-refractivity contribution in [1.29, 1.82) is 0 Å². The average molecular weight is 235 g/mol. The van der Waals surface area contributed by atoms with Crippen molar-refractivity contribution >= 4 is 9.84 Å². The van der Waals surface area contributed by atoms with Gasteiger partial charge < -0.3 is 5.73 Å². The van der Waals surface area contributed by atoms with Gasteiger partial charge in [-0.1, -0.05) is 12.1 Å². The number of benzene rings is 1. The Hall–Kier alpha value is -1.01. The van der Waals surface area contributed by atoms with Gasteiger partial charge in [0.25, 0.3) is 5.92 Å². The first-order chi connectivity index (χ1) is 6.77. The third kappa shape index (κ3) is 2.73. The van der Waals surface area contributed by atoms with Crippen molar-refractivity contribution in [2.75, 3.05) is 12.8 Å². The second kappa shape index (κ2) is 3.86. The molecule has 3 nitrogen and oxygen atoms in total. The Balaban J connectivity index is 3.26. The maximum absolute atomic E-state index is 13.1. The van der Waals surface area contributed by atoms with E-state index < -0.39 is 22.3 Å². The summed E-state index contributed by atoms with van der Waals surface area (Å²) >= 11 is 0. The Kier molecular flexibility index (Phi) is 3.11. The Labute approximate surface area is 86.8 Å². The summed E-state index contributed by atoms with van der Waals surface area (Å²) in [5, 5.41) is 0. The molecule has 2 N–H and O–H groups in total. The molecule has 0 aliphatic rings. The minimum absolute atomic E-state index is 0.131. The summed E-state index contributed by atoms with van der Waals surface area (Å²) in [4.78, 5) is -0.131. The van der Waals surface area contributed by atoms with E-state index in [-0.39, 0.29) is 10.5 Å². The highest BCUT2D eigenvalue weighted by Gasteiger charge is 2.30. The van der Waals surface area contributed by atoms with Gasteiger partial charge >= 0.3 is 0 Å². The molecule has 0 saturated heterocycles. The Morgan fingerprint density at radius 3 is 2.47 bits per heavy atom. The molecule has 0 spiro atoms. The lowest BCUT2D eigenvalue weighted by atomic mass is 10.1. The lowest BCUT2D eigenvalue weighted by Crippen LogP contribution is -2.25. The van der Waals surface area contributed by atoms with Crippen LogP contribution in [0.15, 0.2) is 29.2 Å². The molecule has 1 aromatic carbocycles. The van der Waals surface area contributed by atoms with Crippen molar-refractivity contribution in [2.24, 2.45) is 5.73 Å². The van der Waals surface area contributed by atoms with Crippen LogP contribution in [0.25, 0.3) is 0 Å². The van der Waals surface area contributed by atoms with Crippen molar-refractivity contribution < 1.29 is 17.2 Å². The van der Waals surface area contributed by atoms with Crippen LogP contribution < -0.4 is 5.73 Å². The maximum Gasteiger partial charge on any atom is 0.285 e. The van der Waals surface area contributed by atoms with Gasteiger partial charge in [-0.05, 0) is 12.1 Å². The van der Waals surface area contributed by atoms with Gasteiger partial charge in [0.05, 0.1) is 11.4 Å². The van der Waals surface area contributed by atoms with E-state index in [1.165, 1.54) is 12.1 Å². The molecule has 0 aliphatic carbocycles. The molecule has 0 heterocycles. The van der Waals surface area contributed by atoms with Crippen LogP contribution in [0.2, 0.25) is 0 Å². The van der Waals surface area contributed by atoms with Crippen LogP contribution >= 0.6 is 0 Å². The van der Waals surface area contributed by atoms with Crippen LogP contribution in [0.3, 0.4) is 0 Å². The van der Waals surface area contributed by atoms with E-state index in [9.17, 15) is 17.2 Å². The fourth-order valence-electron chi connectivity index (χ4n) is 1.07. The van der Waals surface area contributed by atoms with Crippen LogP contribution in [0.4, 0.5) is 8.78 Å². The zero-order valence-electron chi connectivity index (χ0n) is 8.07. The fourth-order valence-corrected chi connectivity index (χ4v) is 1.74. The standard InChI is InChI=1S/C9H11F2NO2S/c1-15(13,14)8-4-2-3-7(5-8)9(10,11)6-12/h2-5H,6,12H2,1H3. The molecular weight excluding hydrogens is 224 g/mol. The molecule has 84 valence electrons. The number of sulfone groups is 1. The molecule has 0 aliphatic heterocycles.